The third-order valence-corrected chi connectivity index (χ3v) is 4.49. The van der Waals surface area contributed by atoms with Crippen LogP contribution in [0.4, 0.5) is 0 Å². The summed E-state index contributed by atoms with van der Waals surface area (Å²) in [7, 11) is 0. The molecule has 6 nitrogen and oxygen atoms in total. The third kappa shape index (κ3) is 3.54. The summed E-state index contributed by atoms with van der Waals surface area (Å²) in [6.45, 7) is 2.89. The standard InChI is InChI=1S/C18H21N3O3/c1-12-10-14(11-16(22)20-12)18(24)21-8-5-13(6-9-21)17(23)15-4-2-3-7-19-15/h2-4,7,10-11,13,17,23H,5-6,8-9H2,1H3,(H,20,22)/t17-/m1/s1. The number of aliphatic hydroxyl groups excluding tert-OH is 1. The molecule has 2 aromatic rings. The minimum atomic E-state index is -0.606. The monoisotopic (exact) mass is 327 g/mol. The van der Waals surface area contributed by atoms with Gasteiger partial charge in [0.15, 0.2) is 0 Å². The molecule has 126 valence electrons. The summed E-state index contributed by atoms with van der Waals surface area (Å²) in [5.41, 5.74) is 1.50. The van der Waals surface area contributed by atoms with Gasteiger partial charge in [0.05, 0.1) is 11.8 Å². The normalized spacial score (nSPS) is 16.8. The summed E-state index contributed by atoms with van der Waals surface area (Å²) in [5.74, 6) is -0.0418. The second-order valence-corrected chi connectivity index (χ2v) is 6.25. The van der Waals surface area contributed by atoms with Crippen molar-refractivity contribution in [3.05, 3.63) is 63.8 Å². The number of carbonyl (C=O) groups is 1. The molecule has 1 amide bonds. The molecular formula is C18H21N3O3. The number of aliphatic hydroxyl groups is 1. The average molecular weight is 327 g/mol. The van der Waals surface area contributed by atoms with Gasteiger partial charge in [-0.15, -0.1) is 0 Å². The summed E-state index contributed by atoms with van der Waals surface area (Å²) in [5, 5.41) is 10.4. The Labute approximate surface area is 140 Å². The average Bonchev–Trinajstić information content (AvgIpc) is 2.60. The molecule has 1 atom stereocenters. The molecule has 2 N–H and O–H groups in total. The van der Waals surface area contributed by atoms with Gasteiger partial charge in [0.25, 0.3) is 5.91 Å². The summed E-state index contributed by atoms with van der Waals surface area (Å²) in [4.78, 5) is 32.7. The first-order valence-electron chi connectivity index (χ1n) is 8.14. The predicted octanol–water partition coefficient (Wildman–Crippen LogP) is 1.66. The Morgan fingerprint density at radius 1 is 1.33 bits per heavy atom. The van der Waals surface area contributed by atoms with Crippen molar-refractivity contribution in [3.8, 4) is 0 Å². The summed E-state index contributed by atoms with van der Waals surface area (Å²) < 4.78 is 0. The van der Waals surface area contributed by atoms with Crippen LogP contribution < -0.4 is 5.56 Å². The highest BCUT2D eigenvalue weighted by molar-refractivity contribution is 5.94. The molecule has 0 aliphatic carbocycles. The molecule has 6 heteroatoms. The van der Waals surface area contributed by atoms with Crippen molar-refractivity contribution in [2.24, 2.45) is 5.92 Å². The van der Waals surface area contributed by atoms with E-state index in [1.807, 2.05) is 18.2 Å². The minimum Gasteiger partial charge on any atom is -0.387 e. The van der Waals surface area contributed by atoms with Crippen LogP contribution in [0.2, 0.25) is 0 Å². The zero-order valence-electron chi connectivity index (χ0n) is 13.6. The number of nitrogens with zero attached hydrogens (tertiary/aromatic N) is 2. The number of pyridine rings is 2. The van der Waals surface area contributed by atoms with E-state index >= 15 is 0 Å². The highest BCUT2D eigenvalue weighted by atomic mass is 16.3. The van der Waals surface area contributed by atoms with Crippen LogP contribution >= 0.6 is 0 Å². The maximum absolute atomic E-state index is 12.5. The van der Waals surface area contributed by atoms with Gasteiger partial charge in [0.1, 0.15) is 0 Å². The van der Waals surface area contributed by atoms with Crippen molar-refractivity contribution in [1.29, 1.82) is 0 Å². The first-order chi connectivity index (χ1) is 11.5. The Balaban J connectivity index is 1.64. The van der Waals surface area contributed by atoms with Crippen molar-refractivity contribution in [2.75, 3.05) is 13.1 Å². The number of hydrogen-bond acceptors (Lipinski definition) is 4. The zero-order valence-corrected chi connectivity index (χ0v) is 13.6. The first kappa shape index (κ1) is 16.4. The largest absolute Gasteiger partial charge is 0.387 e. The van der Waals surface area contributed by atoms with Crippen molar-refractivity contribution in [3.63, 3.8) is 0 Å². The van der Waals surface area contributed by atoms with E-state index in [1.54, 1.807) is 24.1 Å². The summed E-state index contributed by atoms with van der Waals surface area (Å²) in [6.07, 6.45) is 2.49. The Morgan fingerprint density at radius 3 is 2.71 bits per heavy atom. The fourth-order valence-corrected chi connectivity index (χ4v) is 3.20. The molecule has 1 aliphatic rings. The number of H-pyrrole nitrogens is 1. The Bertz CT molecular complexity index is 765. The van der Waals surface area contributed by atoms with E-state index in [9.17, 15) is 14.7 Å². The molecule has 0 unspecified atom stereocenters. The van der Waals surface area contributed by atoms with Gasteiger partial charge in [-0.2, -0.15) is 0 Å². The van der Waals surface area contributed by atoms with Crippen LogP contribution in [0.25, 0.3) is 0 Å². The number of nitrogens with one attached hydrogen (secondary N) is 1. The van der Waals surface area contributed by atoms with Crippen LogP contribution in [0.15, 0.2) is 41.3 Å². The number of likely N-dealkylation sites (tertiary alicyclic amines) is 1. The van der Waals surface area contributed by atoms with Crippen LogP contribution in [-0.2, 0) is 0 Å². The molecule has 2 aromatic heterocycles. The van der Waals surface area contributed by atoms with Crippen LogP contribution in [0.1, 0.15) is 40.7 Å². The summed E-state index contributed by atoms with van der Waals surface area (Å²) >= 11 is 0. The van der Waals surface area contributed by atoms with Crippen molar-refractivity contribution >= 4 is 5.91 Å². The highest BCUT2D eigenvalue weighted by Crippen LogP contribution is 2.30. The third-order valence-electron chi connectivity index (χ3n) is 4.49. The number of piperidine rings is 1. The predicted molar refractivity (Wildman–Crippen MR) is 89.6 cm³/mol. The van der Waals surface area contributed by atoms with E-state index in [-0.39, 0.29) is 17.4 Å². The lowest BCUT2D eigenvalue weighted by Crippen LogP contribution is -2.40. The van der Waals surface area contributed by atoms with Gasteiger partial charge in [0, 0.05) is 36.6 Å². The van der Waals surface area contributed by atoms with Crippen molar-refractivity contribution in [2.45, 2.75) is 25.9 Å². The second kappa shape index (κ2) is 6.97. The number of amides is 1. The fraction of sp³-hybridized carbons (Fsp3) is 0.389. The second-order valence-electron chi connectivity index (χ2n) is 6.25. The quantitative estimate of drug-likeness (QED) is 0.898. The molecule has 0 radical (unpaired) electrons. The van der Waals surface area contributed by atoms with Gasteiger partial charge in [-0.1, -0.05) is 6.07 Å². The van der Waals surface area contributed by atoms with Gasteiger partial charge in [-0.05, 0) is 43.9 Å². The zero-order chi connectivity index (χ0) is 17.1. The van der Waals surface area contributed by atoms with E-state index in [1.165, 1.54) is 6.07 Å². The molecule has 1 fully saturated rings. The van der Waals surface area contributed by atoms with Gasteiger partial charge in [-0.3, -0.25) is 14.6 Å². The Hall–Kier alpha value is -2.47. The molecule has 0 spiro atoms. The minimum absolute atomic E-state index is 0.0878. The molecule has 0 aromatic carbocycles. The Kier molecular flexibility index (Phi) is 4.76. The maximum atomic E-state index is 12.5. The van der Waals surface area contributed by atoms with Crippen LogP contribution in [0.3, 0.4) is 0 Å². The number of hydrogen-bond donors (Lipinski definition) is 2. The lowest BCUT2D eigenvalue weighted by molar-refractivity contribution is 0.0447. The lowest BCUT2D eigenvalue weighted by atomic mass is 9.89. The van der Waals surface area contributed by atoms with Crippen LogP contribution in [0, 0.1) is 12.8 Å². The topological polar surface area (TPSA) is 86.3 Å². The molecule has 3 heterocycles. The molecule has 0 saturated carbocycles. The molecule has 0 bridgehead atoms. The SMILES string of the molecule is Cc1cc(C(=O)N2CCC([C@@H](O)c3ccccn3)CC2)cc(=O)[nH]1. The molecule has 24 heavy (non-hydrogen) atoms. The van der Waals surface area contributed by atoms with Crippen molar-refractivity contribution in [1.82, 2.24) is 14.9 Å². The fourth-order valence-electron chi connectivity index (χ4n) is 3.20. The molecule has 1 saturated heterocycles. The number of aromatic nitrogens is 2. The van der Waals surface area contributed by atoms with Gasteiger partial charge >= 0.3 is 0 Å². The van der Waals surface area contributed by atoms with Gasteiger partial charge in [-0.25, -0.2) is 0 Å². The van der Waals surface area contributed by atoms with Crippen LogP contribution in [0.5, 0.6) is 0 Å². The summed E-state index contributed by atoms with van der Waals surface area (Å²) in [6, 6.07) is 8.53. The molecule has 1 aliphatic heterocycles. The van der Waals surface area contributed by atoms with E-state index in [0.29, 0.717) is 42.9 Å². The number of carbonyl (C=O) groups excluding carboxylic acids is 1. The van der Waals surface area contributed by atoms with Crippen molar-refractivity contribution < 1.29 is 9.90 Å². The van der Waals surface area contributed by atoms with E-state index in [4.69, 9.17) is 0 Å². The van der Waals surface area contributed by atoms with Crippen LogP contribution in [-0.4, -0.2) is 39.0 Å². The molecule has 3 rings (SSSR count). The number of rotatable bonds is 3. The number of aromatic amines is 1. The van der Waals surface area contributed by atoms with E-state index in [2.05, 4.69) is 9.97 Å². The highest BCUT2D eigenvalue weighted by Gasteiger charge is 2.29. The Morgan fingerprint density at radius 2 is 2.08 bits per heavy atom. The number of aryl methyl sites for hydroxylation is 1. The van der Waals surface area contributed by atoms with Gasteiger partial charge < -0.3 is 15.0 Å². The van der Waals surface area contributed by atoms with Gasteiger partial charge in [0.2, 0.25) is 5.56 Å². The van der Waals surface area contributed by atoms with E-state index in [0.717, 1.165) is 0 Å². The first-order valence-corrected chi connectivity index (χ1v) is 8.14. The maximum Gasteiger partial charge on any atom is 0.254 e. The smallest absolute Gasteiger partial charge is 0.254 e. The lowest BCUT2D eigenvalue weighted by Gasteiger charge is -2.34. The molecular weight excluding hydrogens is 306 g/mol. The van der Waals surface area contributed by atoms with E-state index < -0.39 is 6.10 Å².